The third-order valence-corrected chi connectivity index (χ3v) is 3.42. The zero-order valence-corrected chi connectivity index (χ0v) is 13.2. The number of benzene rings is 1. The number of carbonyl (C=O) groups excluding carboxylic acids is 2. The Bertz CT molecular complexity index is 493. The van der Waals surface area contributed by atoms with Gasteiger partial charge in [0.25, 0.3) is 0 Å². The quantitative estimate of drug-likeness (QED) is 0.897. The molecule has 0 heterocycles. The summed E-state index contributed by atoms with van der Waals surface area (Å²) in [4.78, 5) is 23.3. The fourth-order valence-electron chi connectivity index (χ4n) is 1.35. The summed E-state index contributed by atoms with van der Waals surface area (Å²) in [5.74, 6) is -0.381. The molecule has 104 valence electrons. The first-order valence-corrected chi connectivity index (χ1v) is 6.84. The van der Waals surface area contributed by atoms with Gasteiger partial charge in [-0.05, 0) is 30.7 Å². The molecule has 19 heavy (non-hydrogen) atoms. The van der Waals surface area contributed by atoms with Crippen molar-refractivity contribution in [3.63, 3.8) is 0 Å². The van der Waals surface area contributed by atoms with Crippen LogP contribution in [0.2, 0.25) is 0 Å². The molecule has 2 amide bonds. The molecular weight excluding hydrogens is 308 g/mol. The maximum atomic E-state index is 11.7. The molecule has 1 rings (SSSR count). The Kier molecular flexibility index (Phi) is 5.11. The van der Waals surface area contributed by atoms with Crippen molar-refractivity contribution in [3.8, 4) is 0 Å². The Morgan fingerprint density at radius 2 is 1.89 bits per heavy atom. The van der Waals surface area contributed by atoms with Crippen LogP contribution in [-0.2, 0) is 9.59 Å². The molecular formula is C14H19BrN2O2. The highest BCUT2D eigenvalue weighted by molar-refractivity contribution is 9.10. The molecule has 0 aliphatic carbocycles. The van der Waals surface area contributed by atoms with Gasteiger partial charge in [-0.1, -0.05) is 36.7 Å². The fourth-order valence-corrected chi connectivity index (χ4v) is 1.60. The predicted octanol–water partition coefficient (Wildman–Crippen LogP) is 2.86. The van der Waals surface area contributed by atoms with Crippen molar-refractivity contribution in [2.45, 2.75) is 27.7 Å². The number of rotatable bonds is 3. The van der Waals surface area contributed by atoms with Crippen molar-refractivity contribution in [2.24, 2.45) is 5.41 Å². The highest BCUT2D eigenvalue weighted by Gasteiger charge is 2.21. The zero-order valence-electron chi connectivity index (χ0n) is 11.6. The summed E-state index contributed by atoms with van der Waals surface area (Å²) < 4.78 is 0.992. The van der Waals surface area contributed by atoms with Gasteiger partial charge < -0.3 is 10.6 Å². The van der Waals surface area contributed by atoms with Crippen molar-refractivity contribution in [1.82, 2.24) is 5.32 Å². The lowest BCUT2D eigenvalue weighted by Crippen LogP contribution is -2.39. The van der Waals surface area contributed by atoms with Crippen LogP contribution in [0.1, 0.15) is 26.3 Å². The first kappa shape index (κ1) is 15.7. The molecule has 4 nitrogen and oxygen atoms in total. The van der Waals surface area contributed by atoms with Crippen LogP contribution in [0.15, 0.2) is 22.7 Å². The second kappa shape index (κ2) is 6.19. The van der Waals surface area contributed by atoms with Crippen LogP contribution in [-0.4, -0.2) is 18.4 Å². The number of amides is 2. The summed E-state index contributed by atoms with van der Waals surface area (Å²) in [5, 5.41) is 5.35. The van der Waals surface area contributed by atoms with E-state index in [9.17, 15) is 9.59 Å². The van der Waals surface area contributed by atoms with Crippen LogP contribution < -0.4 is 10.6 Å². The number of hydrogen-bond donors (Lipinski definition) is 2. The smallest absolute Gasteiger partial charge is 0.243 e. The number of aryl methyl sites for hydroxylation is 1. The van der Waals surface area contributed by atoms with E-state index >= 15 is 0 Å². The van der Waals surface area contributed by atoms with E-state index in [0.717, 1.165) is 15.7 Å². The lowest BCUT2D eigenvalue weighted by Gasteiger charge is -2.17. The Morgan fingerprint density at radius 3 is 2.42 bits per heavy atom. The Labute approximate surface area is 122 Å². The average Bonchev–Trinajstić information content (AvgIpc) is 2.29. The number of anilines is 1. The molecule has 2 N–H and O–H groups in total. The molecule has 0 unspecified atom stereocenters. The Balaban J connectivity index is 2.52. The summed E-state index contributed by atoms with van der Waals surface area (Å²) in [6.07, 6.45) is 0. The Morgan fingerprint density at radius 1 is 1.26 bits per heavy atom. The molecule has 0 radical (unpaired) electrons. The SMILES string of the molecule is Cc1cc(NC(=O)CNC(=O)C(C)(C)C)ccc1Br. The molecule has 0 aliphatic heterocycles. The third kappa shape index (κ3) is 5.03. The number of hydrogen-bond acceptors (Lipinski definition) is 2. The highest BCUT2D eigenvalue weighted by Crippen LogP contribution is 2.19. The summed E-state index contributed by atoms with van der Waals surface area (Å²) in [6.45, 7) is 7.33. The largest absolute Gasteiger partial charge is 0.347 e. The number of halogens is 1. The van der Waals surface area contributed by atoms with Crippen LogP contribution in [0.4, 0.5) is 5.69 Å². The van der Waals surface area contributed by atoms with Gasteiger partial charge in [-0.2, -0.15) is 0 Å². The van der Waals surface area contributed by atoms with Crippen molar-refractivity contribution in [1.29, 1.82) is 0 Å². The van der Waals surface area contributed by atoms with E-state index in [-0.39, 0.29) is 18.4 Å². The lowest BCUT2D eigenvalue weighted by molar-refractivity contribution is -0.130. The van der Waals surface area contributed by atoms with Crippen molar-refractivity contribution in [2.75, 3.05) is 11.9 Å². The van der Waals surface area contributed by atoms with E-state index in [0.29, 0.717) is 0 Å². The second-order valence-electron chi connectivity index (χ2n) is 5.44. The van der Waals surface area contributed by atoms with Crippen LogP contribution in [0, 0.1) is 12.3 Å². The van der Waals surface area contributed by atoms with Gasteiger partial charge in [-0.3, -0.25) is 9.59 Å². The molecule has 0 aromatic heterocycles. The standard InChI is InChI=1S/C14H19BrN2O2/c1-9-7-10(5-6-11(9)15)17-12(18)8-16-13(19)14(2,3)4/h5-7H,8H2,1-4H3,(H,16,19)(H,17,18). The van der Waals surface area contributed by atoms with Gasteiger partial charge in [0.15, 0.2) is 0 Å². The minimum Gasteiger partial charge on any atom is -0.347 e. The van der Waals surface area contributed by atoms with Crippen molar-refractivity contribution in [3.05, 3.63) is 28.2 Å². The molecule has 0 saturated carbocycles. The normalized spacial score (nSPS) is 11.0. The van der Waals surface area contributed by atoms with E-state index < -0.39 is 5.41 Å². The molecule has 0 atom stereocenters. The van der Waals surface area contributed by atoms with Crippen LogP contribution in [0.25, 0.3) is 0 Å². The van der Waals surface area contributed by atoms with Gasteiger partial charge in [-0.15, -0.1) is 0 Å². The summed E-state index contributed by atoms with van der Waals surface area (Å²) >= 11 is 3.40. The fraction of sp³-hybridized carbons (Fsp3) is 0.429. The molecule has 0 saturated heterocycles. The van der Waals surface area contributed by atoms with Gasteiger partial charge in [0.2, 0.25) is 11.8 Å². The maximum absolute atomic E-state index is 11.7. The average molecular weight is 327 g/mol. The minimum absolute atomic E-state index is 0.0226. The molecule has 0 fully saturated rings. The molecule has 0 spiro atoms. The zero-order chi connectivity index (χ0) is 14.6. The molecule has 1 aromatic rings. The van der Waals surface area contributed by atoms with Gasteiger partial charge in [0.05, 0.1) is 6.54 Å². The second-order valence-corrected chi connectivity index (χ2v) is 6.30. The molecule has 1 aromatic carbocycles. The highest BCUT2D eigenvalue weighted by atomic mass is 79.9. The van der Waals surface area contributed by atoms with Gasteiger partial charge in [0.1, 0.15) is 0 Å². The lowest BCUT2D eigenvalue weighted by atomic mass is 9.96. The van der Waals surface area contributed by atoms with Gasteiger partial charge in [-0.25, -0.2) is 0 Å². The van der Waals surface area contributed by atoms with Crippen LogP contribution >= 0.6 is 15.9 Å². The van der Waals surface area contributed by atoms with Crippen molar-refractivity contribution >= 4 is 33.4 Å². The molecule has 0 bridgehead atoms. The minimum atomic E-state index is -0.492. The first-order valence-electron chi connectivity index (χ1n) is 6.04. The summed E-state index contributed by atoms with van der Waals surface area (Å²) in [7, 11) is 0. The van der Waals surface area contributed by atoms with Crippen molar-refractivity contribution < 1.29 is 9.59 Å². The molecule has 0 aliphatic rings. The van der Waals surface area contributed by atoms with E-state index in [4.69, 9.17) is 0 Å². The van der Waals surface area contributed by atoms with Crippen LogP contribution in [0.3, 0.4) is 0 Å². The van der Waals surface area contributed by atoms with E-state index in [1.54, 1.807) is 26.8 Å². The van der Waals surface area contributed by atoms with E-state index in [1.165, 1.54) is 0 Å². The Hall–Kier alpha value is -1.36. The summed E-state index contributed by atoms with van der Waals surface area (Å²) in [6, 6.07) is 5.55. The number of nitrogens with one attached hydrogen (secondary N) is 2. The van der Waals surface area contributed by atoms with E-state index in [1.807, 2.05) is 19.1 Å². The maximum Gasteiger partial charge on any atom is 0.243 e. The summed E-state index contributed by atoms with van der Waals surface area (Å²) in [5.41, 5.74) is 1.27. The monoisotopic (exact) mass is 326 g/mol. The molecule has 5 heteroatoms. The number of carbonyl (C=O) groups is 2. The topological polar surface area (TPSA) is 58.2 Å². The van der Waals surface area contributed by atoms with Crippen LogP contribution in [0.5, 0.6) is 0 Å². The third-order valence-electron chi connectivity index (χ3n) is 2.53. The first-order chi connectivity index (χ1) is 8.70. The van der Waals surface area contributed by atoms with Gasteiger partial charge in [0, 0.05) is 15.6 Å². The van der Waals surface area contributed by atoms with Gasteiger partial charge >= 0.3 is 0 Å². The van der Waals surface area contributed by atoms with E-state index in [2.05, 4.69) is 26.6 Å². The predicted molar refractivity (Wildman–Crippen MR) is 80.0 cm³/mol.